The SMILES string of the molecule is Cc1cccc(CC(O)CN2CCNCC2)c1. The van der Waals surface area contributed by atoms with Crippen LogP contribution in [0.5, 0.6) is 0 Å². The van der Waals surface area contributed by atoms with Gasteiger partial charge in [0.05, 0.1) is 6.10 Å². The average Bonchev–Trinajstić information content (AvgIpc) is 2.30. The number of aliphatic hydroxyl groups excluding tert-OH is 1. The fourth-order valence-electron chi connectivity index (χ4n) is 2.37. The molecule has 1 atom stereocenters. The maximum absolute atomic E-state index is 10.1. The topological polar surface area (TPSA) is 35.5 Å². The average molecular weight is 234 g/mol. The number of β-amino-alcohol motifs (C(OH)–C–C–N with tert-alkyl or cyclic N) is 1. The number of nitrogens with zero attached hydrogens (tertiary/aromatic N) is 1. The highest BCUT2D eigenvalue weighted by atomic mass is 16.3. The van der Waals surface area contributed by atoms with E-state index in [4.69, 9.17) is 0 Å². The number of hydrogen-bond donors (Lipinski definition) is 2. The van der Waals surface area contributed by atoms with E-state index in [1.54, 1.807) is 0 Å². The van der Waals surface area contributed by atoms with Crippen LogP contribution in [-0.2, 0) is 6.42 Å². The van der Waals surface area contributed by atoms with E-state index in [2.05, 4.69) is 41.4 Å². The molecule has 94 valence electrons. The smallest absolute Gasteiger partial charge is 0.0707 e. The Bertz CT molecular complexity index is 348. The zero-order chi connectivity index (χ0) is 12.1. The highest BCUT2D eigenvalue weighted by Crippen LogP contribution is 2.08. The van der Waals surface area contributed by atoms with E-state index in [-0.39, 0.29) is 6.10 Å². The molecule has 1 fully saturated rings. The normalized spacial score (nSPS) is 19.2. The molecule has 3 nitrogen and oxygen atoms in total. The van der Waals surface area contributed by atoms with Gasteiger partial charge in [0, 0.05) is 32.7 Å². The first-order valence-electron chi connectivity index (χ1n) is 6.41. The quantitative estimate of drug-likeness (QED) is 0.809. The fourth-order valence-corrected chi connectivity index (χ4v) is 2.37. The molecule has 3 heteroatoms. The highest BCUT2D eigenvalue weighted by Gasteiger charge is 2.14. The summed E-state index contributed by atoms with van der Waals surface area (Å²) in [7, 11) is 0. The van der Waals surface area contributed by atoms with Crippen molar-refractivity contribution in [2.24, 2.45) is 0 Å². The summed E-state index contributed by atoms with van der Waals surface area (Å²) in [6, 6.07) is 8.39. The van der Waals surface area contributed by atoms with Gasteiger partial charge in [-0.1, -0.05) is 29.8 Å². The van der Waals surface area contributed by atoms with Crippen LogP contribution in [0.25, 0.3) is 0 Å². The van der Waals surface area contributed by atoms with Crippen molar-refractivity contribution in [3.8, 4) is 0 Å². The molecular formula is C14H22N2O. The standard InChI is InChI=1S/C14H22N2O/c1-12-3-2-4-13(9-12)10-14(17)11-16-7-5-15-6-8-16/h2-4,9,14-15,17H,5-8,10-11H2,1H3. The number of hydrogen-bond acceptors (Lipinski definition) is 3. The van der Waals surface area contributed by atoms with Gasteiger partial charge in [-0.2, -0.15) is 0 Å². The number of benzene rings is 1. The Kier molecular flexibility index (Phi) is 4.54. The number of aryl methyl sites for hydroxylation is 1. The second-order valence-corrected chi connectivity index (χ2v) is 4.90. The van der Waals surface area contributed by atoms with E-state index < -0.39 is 0 Å². The first-order valence-corrected chi connectivity index (χ1v) is 6.41. The molecule has 17 heavy (non-hydrogen) atoms. The summed E-state index contributed by atoms with van der Waals surface area (Å²) in [5, 5.41) is 13.4. The van der Waals surface area contributed by atoms with E-state index in [1.165, 1.54) is 11.1 Å². The van der Waals surface area contributed by atoms with Gasteiger partial charge in [-0.05, 0) is 18.9 Å². The lowest BCUT2D eigenvalue weighted by molar-refractivity contribution is 0.105. The molecular weight excluding hydrogens is 212 g/mol. The van der Waals surface area contributed by atoms with Crippen LogP contribution in [0.15, 0.2) is 24.3 Å². The summed E-state index contributed by atoms with van der Waals surface area (Å²) in [6.07, 6.45) is 0.501. The van der Waals surface area contributed by atoms with Crippen molar-refractivity contribution >= 4 is 0 Å². The van der Waals surface area contributed by atoms with Gasteiger partial charge in [-0.15, -0.1) is 0 Å². The van der Waals surface area contributed by atoms with Gasteiger partial charge in [0.2, 0.25) is 0 Å². The molecule has 2 rings (SSSR count). The van der Waals surface area contributed by atoms with E-state index in [0.29, 0.717) is 0 Å². The molecule has 0 amide bonds. The fraction of sp³-hybridized carbons (Fsp3) is 0.571. The lowest BCUT2D eigenvalue weighted by Gasteiger charge is -2.29. The number of rotatable bonds is 4. The molecule has 1 unspecified atom stereocenters. The molecule has 1 aromatic carbocycles. The van der Waals surface area contributed by atoms with E-state index in [1.807, 2.05) is 0 Å². The molecule has 1 aliphatic rings. The van der Waals surface area contributed by atoms with Gasteiger partial charge < -0.3 is 10.4 Å². The summed E-state index contributed by atoms with van der Waals surface area (Å²) >= 11 is 0. The van der Waals surface area contributed by atoms with E-state index >= 15 is 0 Å². The van der Waals surface area contributed by atoms with E-state index in [0.717, 1.165) is 39.1 Å². The van der Waals surface area contributed by atoms with Crippen molar-refractivity contribution in [1.82, 2.24) is 10.2 Å². The molecule has 0 bridgehead atoms. The van der Waals surface area contributed by atoms with E-state index in [9.17, 15) is 5.11 Å². The van der Waals surface area contributed by atoms with Crippen molar-refractivity contribution < 1.29 is 5.11 Å². The molecule has 0 radical (unpaired) electrons. The summed E-state index contributed by atoms with van der Waals surface area (Å²) in [4.78, 5) is 2.33. The Morgan fingerprint density at radius 2 is 2.12 bits per heavy atom. The second kappa shape index (κ2) is 6.15. The minimum absolute atomic E-state index is 0.255. The minimum Gasteiger partial charge on any atom is -0.391 e. The lowest BCUT2D eigenvalue weighted by Crippen LogP contribution is -2.46. The van der Waals surface area contributed by atoms with Crippen LogP contribution < -0.4 is 5.32 Å². The van der Waals surface area contributed by atoms with Crippen LogP contribution in [0.4, 0.5) is 0 Å². The van der Waals surface area contributed by atoms with Crippen molar-refractivity contribution in [2.75, 3.05) is 32.7 Å². The monoisotopic (exact) mass is 234 g/mol. The molecule has 0 aromatic heterocycles. The Balaban J connectivity index is 1.82. The summed E-state index contributed by atoms with van der Waals surface area (Å²) in [6.45, 7) is 7.05. The third-order valence-electron chi connectivity index (χ3n) is 3.23. The Labute approximate surface area is 103 Å². The van der Waals surface area contributed by atoms with Gasteiger partial charge >= 0.3 is 0 Å². The maximum Gasteiger partial charge on any atom is 0.0707 e. The maximum atomic E-state index is 10.1. The van der Waals surface area contributed by atoms with Crippen LogP contribution in [0.2, 0.25) is 0 Å². The largest absolute Gasteiger partial charge is 0.391 e. The van der Waals surface area contributed by atoms with Crippen LogP contribution in [0.1, 0.15) is 11.1 Å². The third-order valence-corrected chi connectivity index (χ3v) is 3.23. The first kappa shape index (κ1) is 12.6. The first-order chi connectivity index (χ1) is 8.24. The number of nitrogens with one attached hydrogen (secondary N) is 1. The second-order valence-electron chi connectivity index (χ2n) is 4.90. The molecule has 2 N–H and O–H groups in total. The number of aliphatic hydroxyl groups is 1. The molecule has 1 heterocycles. The zero-order valence-corrected chi connectivity index (χ0v) is 10.5. The molecule has 1 aromatic rings. The highest BCUT2D eigenvalue weighted by molar-refractivity contribution is 5.22. The van der Waals surface area contributed by atoms with Gasteiger partial charge in [-0.25, -0.2) is 0 Å². The van der Waals surface area contributed by atoms with Gasteiger partial charge in [0.1, 0.15) is 0 Å². The zero-order valence-electron chi connectivity index (χ0n) is 10.5. The van der Waals surface area contributed by atoms with Crippen molar-refractivity contribution in [2.45, 2.75) is 19.4 Å². The van der Waals surface area contributed by atoms with Gasteiger partial charge in [-0.3, -0.25) is 4.90 Å². The molecule has 1 saturated heterocycles. The van der Waals surface area contributed by atoms with Crippen molar-refractivity contribution in [3.05, 3.63) is 35.4 Å². The summed E-state index contributed by atoms with van der Waals surface area (Å²) in [5.41, 5.74) is 2.49. The van der Waals surface area contributed by atoms with Crippen LogP contribution >= 0.6 is 0 Å². The summed E-state index contributed by atoms with van der Waals surface area (Å²) < 4.78 is 0. The minimum atomic E-state index is -0.255. The van der Waals surface area contributed by atoms with Gasteiger partial charge in [0.15, 0.2) is 0 Å². The molecule has 1 aliphatic heterocycles. The van der Waals surface area contributed by atoms with Crippen molar-refractivity contribution in [1.29, 1.82) is 0 Å². The Hall–Kier alpha value is -0.900. The third kappa shape index (κ3) is 4.11. The van der Waals surface area contributed by atoms with Crippen LogP contribution in [0.3, 0.4) is 0 Å². The van der Waals surface area contributed by atoms with Crippen LogP contribution in [-0.4, -0.2) is 48.8 Å². The van der Waals surface area contributed by atoms with Gasteiger partial charge in [0.25, 0.3) is 0 Å². The molecule has 0 saturated carbocycles. The Morgan fingerprint density at radius 3 is 2.82 bits per heavy atom. The predicted octanol–water partition coefficient (Wildman–Crippen LogP) is 0.804. The van der Waals surface area contributed by atoms with Crippen LogP contribution in [0, 0.1) is 6.92 Å². The predicted molar refractivity (Wildman–Crippen MR) is 70.2 cm³/mol. The molecule has 0 spiro atoms. The number of piperazine rings is 1. The molecule has 0 aliphatic carbocycles. The summed E-state index contributed by atoms with van der Waals surface area (Å²) in [5.74, 6) is 0. The lowest BCUT2D eigenvalue weighted by atomic mass is 10.1. The van der Waals surface area contributed by atoms with Crippen molar-refractivity contribution in [3.63, 3.8) is 0 Å². The Morgan fingerprint density at radius 1 is 1.35 bits per heavy atom.